The van der Waals surface area contributed by atoms with E-state index in [0.717, 1.165) is 0 Å². The standard InChI is InChI=1S/C29H34F2N6O4/c1-18-15-19(7-8-20(18)29(40)36-13-11-35(12-14-36)24(38)17-37(3,4)5)33-28(39)27-32-16-22(34(27)2)21-9-10-23(41-6)26(31)25(21)30/h7-10,15-16H,11-14,17H2,1-6H3/p+1. The summed E-state index contributed by atoms with van der Waals surface area (Å²) >= 11 is 0. The fraction of sp³-hybridized carbons (Fsp3) is 0.379. The minimum absolute atomic E-state index is 0.00823. The van der Waals surface area contributed by atoms with Gasteiger partial charge in [0.15, 0.2) is 23.9 Å². The van der Waals surface area contributed by atoms with Gasteiger partial charge in [0.05, 0.1) is 40.1 Å². The first-order valence-corrected chi connectivity index (χ1v) is 13.1. The molecule has 10 nitrogen and oxygen atoms in total. The Morgan fingerprint density at radius 1 is 1.00 bits per heavy atom. The number of anilines is 1. The predicted octanol–water partition coefficient (Wildman–Crippen LogP) is 2.93. The van der Waals surface area contributed by atoms with E-state index in [9.17, 15) is 23.2 Å². The first kappa shape index (κ1) is 29.7. The predicted molar refractivity (Wildman–Crippen MR) is 150 cm³/mol. The van der Waals surface area contributed by atoms with Gasteiger partial charge in [-0.25, -0.2) is 9.37 Å². The molecule has 2 aromatic carbocycles. The van der Waals surface area contributed by atoms with E-state index in [2.05, 4.69) is 10.3 Å². The van der Waals surface area contributed by atoms with Crippen LogP contribution in [0.5, 0.6) is 5.75 Å². The maximum absolute atomic E-state index is 14.6. The van der Waals surface area contributed by atoms with Crippen molar-refractivity contribution < 1.29 is 32.4 Å². The highest BCUT2D eigenvalue weighted by atomic mass is 19.2. The molecule has 1 fully saturated rings. The second-order valence-electron chi connectivity index (χ2n) is 11.1. The number of carbonyl (C=O) groups is 3. The number of benzene rings is 2. The Labute approximate surface area is 237 Å². The number of quaternary nitrogens is 1. The number of methoxy groups -OCH3 is 1. The van der Waals surface area contributed by atoms with Gasteiger partial charge in [0, 0.05) is 50.0 Å². The number of nitrogens with one attached hydrogen (secondary N) is 1. The minimum atomic E-state index is -1.13. The van der Waals surface area contributed by atoms with Crippen LogP contribution in [0, 0.1) is 18.6 Å². The van der Waals surface area contributed by atoms with Crippen molar-refractivity contribution >= 4 is 23.4 Å². The van der Waals surface area contributed by atoms with Gasteiger partial charge < -0.3 is 28.9 Å². The summed E-state index contributed by atoms with van der Waals surface area (Å²) in [4.78, 5) is 46.4. The Kier molecular flexibility index (Phi) is 8.43. The number of carbonyl (C=O) groups excluding carboxylic acids is 3. The number of likely N-dealkylation sites (N-methyl/N-ethyl adjacent to an activating group) is 1. The number of amides is 3. The molecule has 0 atom stereocenters. The molecule has 0 saturated carbocycles. The Hall–Kier alpha value is -4.32. The smallest absolute Gasteiger partial charge is 0.291 e. The van der Waals surface area contributed by atoms with Crippen LogP contribution < -0.4 is 10.1 Å². The third kappa shape index (κ3) is 6.37. The zero-order valence-corrected chi connectivity index (χ0v) is 24.1. The summed E-state index contributed by atoms with van der Waals surface area (Å²) in [5, 5.41) is 2.75. The van der Waals surface area contributed by atoms with E-state index >= 15 is 0 Å². The van der Waals surface area contributed by atoms with E-state index in [4.69, 9.17) is 4.74 Å². The van der Waals surface area contributed by atoms with Gasteiger partial charge in [0.2, 0.25) is 5.82 Å². The molecule has 1 saturated heterocycles. The molecule has 1 aliphatic rings. The lowest BCUT2D eigenvalue weighted by Crippen LogP contribution is -2.54. The van der Waals surface area contributed by atoms with Crippen LogP contribution in [0.15, 0.2) is 36.5 Å². The average molecular weight is 570 g/mol. The first-order chi connectivity index (χ1) is 19.3. The van der Waals surface area contributed by atoms with Crippen LogP contribution in [-0.4, -0.2) is 103 Å². The van der Waals surface area contributed by atoms with E-state index < -0.39 is 17.5 Å². The van der Waals surface area contributed by atoms with Crippen LogP contribution in [-0.2, 0) is 11.8 Å². The van der Waals surface area contributed by atoms with Gasteiger partial charge in [-0.05, 0) is 42.8 Å². The summed E-state index contributed by atoms with van der Waals surface area (Å²) in [7, 11) is 8.67. The fourth-order valence-corrected chi connectivity index (χ4v) is 4.76. The van der Waals surface area contributed by atoms with Gasteiger partial charge in [-0.3, -0.25) is 14.4 Å². The molecule has 41 heavy (non-hydrogen) atoms. The van der Waals surface area contributed by atoms with Crippen LogP contribution in [0.25, 0.3) is 11.3 Å². The molecule has 0 aliphatic carbocycles. The highest BCUT2D eigenvalue weighted by molar-refractivity contribution is 6.03. The molecule has 4 rings (SSSR count). The third-order valence-corrected chi connectivity index (χ3v) is 6.98. The van der Waals surface area contributed by atoms with Gasteiger partial charge in [0.1, 0.15) is 0 Å². The van der Waals surface area contributed by atoms with E-state index in [0.29, 0.717) is 54.0 Å². The lowest BCUT2D eigenvalue weighted by Gasteiger charge is -2.36. The number of piperazine rings is 1. The summed E-state index contributed by atoms with van der Waals surface area (Å²) in [5.41, 5.74) is 1.78. The van der Waals surface area contributed by atoms with Gasteiger partial charge in [-0.15, -0.1) is 0 Å². The number of hydrogen-bond acceptors (Lipinski definition) is 5. The van der Waals surface area contributed by atoms with E-state index in [1.54, 1.807) is 34.9 Å². The Balaban J connectivity index is 1.42. The lowest BCUT2D eigenvalue weighted by atomic mass is 10.1. The molecular weight excluding hydrogens is 534 g/mol. The van der Waals surface area contributed by atoms with Crippen molar-refractivity contribution in [2.45, 2.75) is 6.92 Å². The van der Waals surface area contributed by atoms with E-state index in [1.807, 2.05) is 21.1 Å². The molecule has 1 N–H and O–H groups in total. The summed E-state index contributed by atoms with van der Waals surface area (Å²) in [6.45, 7) is 4.03. The van der Waals surface area contributed by atoms with Crippen molar-refractivity contribution in [3.05, 3.63) is 65.1 Å². The summed E-state index contributed by atoms with van der Waals surface area (Å²) < 4.78 is 35.6. The number of aryl methyl sites for hydroxylation is 1. The quantitative estimate of drug-likeness (QED) is 0.442. The molecule has 3 amide bonds. The van der Waals surface area contributed by atoms with Crippen molar-refractivity contribution in [2.75, 3.05) is 66.3 Å². The fourth-order valence-electron chi connectivity index (χ4n) is 4.76. The van der Waals surface area contributed by atoms with Crippen molar-refractivity contribution in [2.24, 2.45) is 7.05 Å². The van der Waals surface area contributed by atoms with Crippen molar-refractivity contribution in [1.29, 1.82) is 0 Å². The highest BCUT2D eigenvalue weighted by Gasteiger charge is 2.28. The largest absolute Gasteiger partial charge is 0.494 e. The van der Waals surface area contributed by atoms with Gasteiger partial charge in [0.25, 0.3) is 17.7 Å². The second kappa shape index (κ2) is 11.7. The SMILES string of the molecule is COc1ccc(-c2cnc(C(=O)Nc3ccc(C(=O)N4CCN(C(=O)C[N+](C)(C)C)CC4)c(C)c3)n2C)c(F)c1F. The summed E-state index contributed by atoms with van der Waals surface area (Å²) in [5.74, 6) is -3.09. The van der Waals surface area contributed by atoms with Crippen LogP contribution >= 0.6 is 0 Å². The van der Waals surface area contributed by atoms with Crippen molar-refractivity contribution in [3.8, 4) is 17.0 Å². The first-order valence-electron chi connectivity index (χ1n) is 13.1. The average Bonchev–Trinajstić information content (AvgIpc) is 3.30. The van der Waals surface area contributed by atoms with Gasteiger partial charge in [-0.1, -0.05) is 0 Å². The normalized spacial score (nSPS) is 13.8. The van der Waals surface area contributed by atoms with Crippen molar-refractivity contribution in [1.82, 2.24) is 19.4 Å². The number of hydrogen-bond donors (Lipinski definition) is 1. The number of ether oxygens (including phenoxy) is 1. The molecule has 12 heteroatoms. The number of aromatic nitrogens is 2. The Bertz CT molecular complexity index is 1490. The van der Waals surface area contributed by atoms with E-state index in [-0.39, 0.29) is 34.6 Å². The summed E-state index contributed by atoms with van der Waals surface area (Å²) in [6.07, 6.45) is 1.29. The topological polar surface area (TPSA) is 96.8 Å². The second-order valence-corrected chi connectivity index (χ2v) is 11.1. The maximum atomic E-state index is 14.6. The number of nitrogens with zero attached hydrogens (tertiary/aromatic N) is 5. The molecule has 0 radical (unpaired) electrons. The monoisotopic (exact) mass is 569 g/mol. The van der Waals surface area contributed by atoms with Crippen LogP contribution in [0.3, 0.4) is 0 Å². The molecule has 218 valence electrons. The molecule has 1 aliphatic heterocycles. The molecule has 1 aromatic heterocycles. The lowest BCUT2D eigenvalue weighted by molar-refractivity contribution is -0.862. The third-order valence-electron chi connectivity index (χ3n) is 6.98. The molecule has 0 unspecified atom stereocenters. The molecule has 2 heterocycles. The minimum Gasteiger partial charge on any atom is -0.494 e. The molecular formula is C29H35F2N6O4+. The Morgan fingerprint density at radius 3 is 2.27 bits per heavy atom. The molecule has 0 bridgehead atoms. The Morgan fingerprint density at radius 2 is 1.66 bits per heavy atom. The zero-order valence-electron chi connectivity index (χ0n) is 24.1. The molecule has 3 aromatic rings. The van der Waals surface area contributed by atoms with Crippen LogP contribution in [0.2, 0.25) is 0 Å². The highest BCUT2D eigenvalue weighted by Crippen LogP contribution is 2.30. The van der Waals surface area contributed by atoms with Crippen molar-refractivity contribution in [3.63, 3.8) is 0 Å². The summed E-state index contributed by atoms with van der Waals surface area (Å²) in [6, 6.07) is 7.63. The number of halogens is 2. The van der Waals surface area contributed by atoms with Gasteiger partial charge >= 0.3 is 0 Å². The van der Waals surface area contributed by atoms with E-state index in [1.165, 1.54) is 37.1 Å². The van der Waals surface area contributed by atoms with Crippen LogP contribution in [0.4, 0.5) is 14.5 Å². The molecule has 0 spiro atoms. The zero-order chi connectivity index (χ0) is 30.1. The maximum Gasteiger partial charge on any atom is 0.291 e. The van der Waals surface area contributed by atoms with Crippen LogP contribution in [0.1, 0.15) is 26.5 Å². The number of imidazole rings is 1. The van der Waals surface area contributed by atoms with Gasteiger partial charge in [-0.2, -0.15) is 4.39 Å². The number of rotatable bonds is 7.